The lowest BCUT2D eigenvalue weighted by molar-refractivity contribution is -0.225. The van der Waals surface area contributed by atoms with E-state index in [0.29, 0.717) is 23.5 Å². The number of morpholine rings is 1. The predicted octanol–water partition coefficient (Wildman–Crippen LogP) is 2.59. The fourth-order valence-corrected chi connectivity index (χ4v) is 7.00. The SMILES string of the molecule is C=C/C(CC1CC2(C1)CN(C1(N3CC[C@@H]4OCC(=O)N[C@@H]4C3)CCC1)C2)=N\N(C)CC(F)(F)F. The van der Waals surface area contributed by atoms with Gasteiger partial charge in [0.25, 0.3) is 0 Å². The van der Waals surface area contributed by atoms with E-state index >= 15 is 0 Å². The second-order valence-corrected chi connectivity index (χ2v) is 11.2. The average Bonchev–Trinajstić information content (AvgIpc) is 2.66. The Kier molecular flexibility index (Phi) is 6.21. The van der Waals surface area contributed by atoms with Crippen molar-refractivity contribution in [3.63, 3.8) is 0 Å². The molecule has 7 nitrogen and oxygen atoms in total. The summed E-state index contributed by atoms with van der Waals surface area (Å²) >= 11 is 0. The van der Waals surface area contributed by atoms with Crippen LogP contribution in [0.15, 0.2) is 17.8 Å². The Hall–Kier alpha value is -1.65. The molecule has 5 fully saturated rings. The zero-order valence-electron chi connectivity index (χ0n) is 19.9. The van der Waals surface area contributed by atoms with Crippen molar-refractivity contribution in [1.29, 1.82) is 0 Å². The smallest absolute Gasteiger partial charge is 0.366 e. The molecule has 0 bridgehead atoms. The summed E-state index contributed by atoms with van der Waals surface area (Å²) in [5, 5.41) is 8.21. The number of nitrogens with zero attached hydrogens (tertiary/aromatic N) is 4. The molecule has 3 aliphatic heterocycles. The van der Waals surface area contributed by atoms with Gasteiger partial charge in [-0.05, 0) is 62.4 Å². The van der Waals surface area contributed by atoms with Crippen LogP contribution < -0.4 is 5.32 Å². The Labute approximate surface area is 199 Å². The molecule has 2 aliphatic carbocycles. The lowest BCUT2D eigenvalue weighted by Crippen LogP contribution is -2.77. The standard InChI is InChI=1S/C24H36F3N5O2/c1-3-18(29-30(2)16-24(25,26)27)9-17-10-22(11-17)14-32(15-22)23(6-4-7-23)31-8-5-20-19(12-31)28-21(33)13-34-20/h3,17,19-20H,1,4-16H2,2H3,(H,28,33)/b29-18+/t19-,20+/m1/s1. The number of hydrogen-bond acceptors (Lipinski definition) is 6. The van der Waals surface area contributed by atoms with Crippen LogP contribution in [-0.4, -0.2) is 96.8 Å². The first-order valence-corrected chi connectivity index (χ1v) is 12.5. The van der Waals surface area contributed by atoms with E-state index in [1.54, 1.807) is 6.08 Å². The highest BCUT2D eigenvalue weighted by Crippen LogP contribution is 2.57. The summed E-state index contributed by atoms with van der Waals surface area (Å²) in [5.41, 5.74) is 1.10. The molecule has 2 saturated carbocycles. The minimum Gasteiger partial charge on any atom is -0.366 e. The predicted molar refractivity (Wildman–Crippen MR) is 122 cm³/mol. The van der Waals surface area contributed by atoms with Gasteiger partial charge in [0.15, 0.2) is 0 Å². The fraction of sp³-hybridized carbons (Fsp3) is 0.833. The van der Waals surface area contributed by atoms with E-state index in [1.807, 2.05) is 0 Å². The Balaban J connectivity index is 1.12. The van der Waals surface area contributed by atoms with Crippen molar-refractivity contribution in [3.05, 3.63) is 12.7 Å². The Bertz CT molecular complexity index is 829. The van der Waals surface area contributed by atoms with Crippen LogP contribution in [0.1, 0.15) is 44.9 Å². The average molecular weight is 484 g/mol. The van der Waals surface area contributed by atoms with E-state index in [4.69, 9.17) is 4.74 Å². The summed E-state index contributed by atoms with van der Waals surface area (Å²) in [6.45, 7) is 6.92. The maximum absolute atomic E-state index is 12.6. The van der Waals surface area contributed by atoms with Crippen molar-refractivity contribution in [1.82, 2.24) is 20.1 Å². The van der Waals surface area contributed by atoms with Gasteiger partial charge in [-0.25, -0.2) is 0 Å². The van der Waals surface area contributed by atoms with Gasteiger partial charge in [0, 0.05) is 33.2 Å². The lowest BCUT2D eigenvalue weighted by Gasteiger charge is -2.69. The van der Waals surface area contributed by atoms with Crippen LogP contribution in [0.3, 0.4) is 0 Å². The van der Waals surface area contributed by atoms with Crippen molar-refractivity contribution in [2.75, 3.05) is 46.4 Å². The summed E-state index contributed by atoms with van der Waals surface area (Å²) in [7, 11) is 1.36. The largest absolute Gasteiger partial charge is 0.407 e. The molecule has 5 aliphatic rings. The van der Waals surface area contributed by atoms with Gasteiger partial charge >= 0.3 is 6.18 Å². The topological polar surface area (TPSA) is 60.4 Å². The number of ether oxygens (including phenoxy) is 1. The first-order valence-electron chi connectivity index (χ1n) is 12.5. The molecular formula is C24H36F3N5O2. The molecule has 0 radical (unpaired) electrons. The van der Waals surface area contributed by atoms with Crippen LogP contribution >= 0.6 is 0 Å². The summed E-state index contributed by atoms with van der Waals surface area (Å²) in [6, 6.07) is 0.0860. The zero-order chi connectivity index (χ0) is 24.1. The Morgan fingerprint density at radius 2 is 2.06 bits per heavy atom. The molecule has 3 heterocycles. The monoisotopic (exact) mass is 483 g/mol. The third kappa shape index (κ3) is 4.60. The molecule has 2 atom stereocenters. The molecule has 190 valence electrons. The van der Waals surface area contributed by atoms with Gasteiger partial charge in [0.2, 0.25) is 5.91 Å². The quantitative estimate of drug-likeness (QED) is 0.446. The van der Waals surface area contributed by atoms with Gasteiger partial charge in [0.1, 0.15) is 13.2 Å². The maximum atomic E-state index is 12.6. The van der Waals surface area contributed by atoms with Gasteiger partial charge in [-0.15, -0.1) is 0 Å². The van der Waals surface area contributed by atoms with Crippen molar-refractivity contribution in [2.45, 2.75) is 68.9 Å². The summed E-state index contributed by atoms with van der Waals surface area (Å²) in [5.74, 6) is 0.446. The number of amides is 1. The normalized spacial score (nSPS) is 31.6. The first-order chi connectivity index (χ1) is 16.1. The minimum atomic E-state index is -4.26. The summed E-state index contributed by atoms with van der Waals surface area (Å²) in [4.78, 5) is 17.1. The van der Waals surface area contributed by atoms with Crippen LogP contribution in [0.4, 0.5) is 13.2 Å². The molecule has 10 heteroatoms. The highest BCUT2D eigenvalue weighted by Gasteiger charge is 2.60. The van der Waals surface area contributed by atoms with Gasteiger partial charge < -0.3 is 10.1 Å². The number of fused-ring (bicyclic) bond motifs is 1. The van der Waals surface area contributed by atoms with E-state index in [1.165, 1.54) is 26.3 Å². The molecule has 0 unspecified atom stereocenters. The number of alkyl halides is 3. The molecule has 1 N–H and O–H groups in total. The second kappa shape index (κ2) is 8.78. The molecule has 1 spiro atoms. The van der Waals surface area contributed by atoms with Gasteiger partial charge in [-0.1, -0.05) is 6.58 Å². The van der Waals surface area contributed by atoms with Crippen molar-refractivity contribution >= 4 is 11.6 Å². The molecule has 5 rings (SSSR count). The molecule has 34 heavy (non-hydrogen) atoms. The highest BCUT2D eigenvalue weighted by molar-refractivity contribution is 5.94. The Morgan fingerprint density at radius 3 is 2.68 bits per heavy atom. The number of carbonyl (C=O) groups is 1. The number of hydrazone groups is 1. The molecule has 0 aromatic carbocycles. The summed E-state index contributed by atoms with van der Waals surface area (Å²) in [6.07, 6.45) is 4.91. The molecule has 3 saturated heterocycles. The van der Waals surface area contributed by atoms with Crippen LogP contribution in [0, 0.1) is 11.3 Å². The molecule has 1 amide bonds. The summed E-state index contributed by atoms with van der Waals surface area (Å²) < 4.78 is 43.5. The van der Waals surface area contributed by atoms with E-state index in [-0.39, 0.29) is 30.3 Å². The lowest BCUT2D eigenvalue weighted by atomic mass is 9.55. The minimum absolute atomic E-state index is 0.0128. The van der Waals surface area contributed by atoms with Crippen LogP contribution in [0.5, 0.6) is 0 Å². The third-order valence-electron chi connectivity index (χ3n) is 8.59. The number of nitrogens with one attached hydrogen (secondary N) is 1. The van der Waals surface area contributed by atoms with Gasteiger partial charge in [-0.3, -0.25) is 19.6 Å². The number of piperidine rings is 1. The maximum Gasteiger partial charge on any atom is 0.407 e. The van der Waals surface area contributed by atoms with Crippen LogP contribution in [0.2, 0.25) is 0 Å². The fourth-order valence-electron chi connectivity index (χ4n) is 7.00. The number of likely N-dealkylation sites (tertiary alicyclic amines) is 2. The van der Waals surface area contributed by atoms with Gasteiger partial charge in [-0.2, -0.15) is 18.3 Å². The molecule has 0 aromatic heterocycles. The second-order valence-electron chi connectivity index (χ2n) is 11.2. The van der Waals surface area contributed by atoms with Crippen LogP contribution in [0.25, 0.3) is 0 Å². The number of halogens is 3. The van der Waals surface area contributed by atoms with Crippen molar-refractivity contribution in [2.24, 2.45) is 16.4 Å². The molecule has 0 aromatic rings. The van der Waals surface area contributed by atoms with E-state index < -0.39 is 12.7 Å². The van der Waals surface area contributed by atoms with E-state index in [0.717, 1.165) is 50.5 Å². The van der Waals surface area contributed by atoms with Gasteiger partial charge in [0.05, 0.1) is 23.5 Å². The van der Waals surface area contributed by atoms with E-state index in [9.17, 15) is 18.0 Å². The Morgan fingerprint density at radius 1 is 1.32 bits per heavy atom. The number of rotatable bonds is 7. The van der Waals surface area contributed by atoms with E-state index in [2.05, 4.69) is 26.8 Å². The number of hydrogen-bond donors (Lipinski definition) is 1. The zero-order valence-corrected chi connectivity index (χ0v) is 19.9. The number of carbonyl (C=O) groups excluding carboxylic acids is 1. The highest BCUT2D eigenvalue weighted by atomic mass is 19.4. The van der Waals surface area contributed by atoms with Crippen LogP contribution in [-0.2, 0) is 9.53 Å². The molecular weight excluding hydrogens is 447 g/mol. The third-order valence-corrected chi connectivity index (χ3v) is 8.59. The van der Waals surface area contributed by atoms with Crippen molar-refractivity contribution in [3.8, 4) is 0 Å². The number of allylic oxidation sites excluding steroid dienone is 1. The van der Waals surface area contributed by atoms with Crippen molar-refractivity contribution < 1.29 is 22.7 Å². The first kappa shape index (κ1) is 24.1.